The highest BCUT2D eigenvalue weighted by molar-refractivity contribution is 5.92. The molecule has 0 radical (unpaired) electrons. The molecule has 2 N–H and O–H groups in total. The zero-order valence-corrected chi connectivity index (χ0v) is 11.8. The number of nitrogens with one attached hydrogen (secondary N) is 2. The lowest BCUT2D eigenvalue weighted by Crippen LogP contribution is -2.45. The minimum Gasteiger partial charge on any atom is -0.347 e. The van der Waals surface area contributed by atoms with E-state index < -0.39 is 0 Å². The summed E-state index contributed by atoms with van der Waals surface area (Å²) in [6.07, 6.45) is 5.25. The van der Waals surface area contributed by atoms with Crippen molar-refractivity contribution in [2.24, 2.45) is 0 Å². The van der Waals surface area contributed by atoms with E-state index in [2.05, 4.69) is 20.6 Å². The van der Waals surface area contributed by atoms with Gasteiger partial charge < -0.3 is 10.6 Å². The minimum atomic E-state index is -0.138. The van der Waals surface area contributed by atoms with Crippen molar-refractivity contribution in [3.05, 3.63) is 23.8 Å². The molecule has 0 spiro atoms. The van der Waals surface area contributed by atoms with Gasteiger partial charge in [-0.1, -0.05) is 0 Å². The first-order valence-electron chi connectivity index (χ1n) is 5.56. The van der Waals surface area contributed by atoms with Crippen molar-refractivity contribution in [3.63, 3.8) is 0 Å². The van der Waals surface area contributed by atoms with Crippen molar-refractivity contribution in [1.29, 1.82) is 0 Å². The molecule has 1 aliphatic rings. The predicted molar refractivity (Wildman–Crippen MR) is 74.6 cm³/mol. The number of nitrogens with zero attached hydrogens (tertiary/aromatic N) is 2. The molecule has 0 aliphatic carbocycles. The molecule has 5 nitrogen and oxygen atoms in total. The normalized spacial score (nSPS) is 18.2. The number of aryl methyl sites for hydroxylation is 1. The van der Waals surface area contributed by atoms with Gasteiger partial charge in [0.25, 0.3) is 5.91 Å². The molecule has 102 valence electrons. The van der Waals surface area contributed by atoms with Crippen molar-refractivity contribution >= 4 is 30.7 Å². The Labute approximate surface area is 119 Å². The first-order chi connectivity index (χ1) is 7.75. The number of amides is 1. The van der Waals surface area contributed by atoms with E-state index >= 15 is 0 Å². The second-order valence-electron chi connectivity index (χ2n) is 4.06. The van der Waals surface area contributed by atoms with E-state index in [0.717, 1.165) is 31.6 Å². The van der Waals surface area contributed by atoms with Gasteiger partial charge in [0.05, 0.1) is 11.9 Å². The topological polar surface area (TPSA) is 66.9 Å². The van der Waals surface area contributed by atoms with Crippen molar-refractivity contribution in [3.8, 4) is 0 Å². The summed E-state index contributed by atoms with van der Waals surface area (Å²) in [5, 5.41) is 6.20. The van der Waals surface area contributed by atoms with E-state index in [4.69, 9.17) is 0 Å². The van der Waals surface area contributed by atoms with Crippen molar-refractivity contribution < 1.29 is 4.79 Å². The molecular weight excluding hydrogens is 275 g/mol. The molecule has 18 heavy (non-hydrogen) atoms. The van der Waals surface area contributed by atoms with Crippen LogP contribution in [0.2, 0.25) is 0 Å². The van der Waals surface area contributed by atoms with E-state index in [1.807, 2.05) is 6.92 Å². The number of hydrogen-bond acceptors (Lipinski definition) is 4. The van der Waals surface area contributed by atoms with Gasteiger partial charge in [-0.3, -0.25) is 9.78 Å². The Morgan fingerprint density at radius 3 is 2.72 bits per heavy atom. The smallest absolute Gasteiger partial charge is 0.271 e. The van der Waals surface area contributed by atoms with Gasteiger partial charge >= 0.3 is 0 Å². The lowest BCUT2D eigenvalue weighted by molar-refractivity contribution is 0.0925. The van der Waals surface area contributed by atoms with Crippen LogP contribution in [0, 0.1) is 6.92 Å². The Hall–Kier alpha value is -0.910. The van der Waals surface area contributed by atoms with Crippen LogP contribution in [-0.2, 0) is 0 Å². The van der Waals surface area contributed by atoms with Gasteiger partial charge in [0.2, 0.25) is 0 Å². The Bertz CT molecular complexity index is 366. The van der Waals surface area contributed by atoms with Crippen LogP contribution < -0.4 is 10.6 Å². The molecule has 0 saturated carbocycles. The molecule has 1 saturated heterocycles. The number of hydrogen-bond donors (Lipinski definition) is 2. The maximum absolute atomic E-state index is 11.8. The van der Waals surface area contributed by atoms with Gasteiger partial charge in [0.1, 0.15) is 5.69 Å². The Balaban J connectivity index is 0.00000144. The third-order valence-corrected chi connectivity index (χ3v) is 2.65. The second-order valence-corrected chi connectivity index (χ2v) is 4.06. The van der Waals surface area contributed by atoms with Crippen LogP contribution in [0.3, 0.4) is 0 Å². The van der Waals surface area contributed by atoms with E-state index in [9.17, 15) is 4.79 Å². The number of piperidine rings is 1. The molecule has 1 aromatic heterocycles. The summed E-state index contributed by atoms with van der Waals surface area (Å²) in [4.78, 5) is 19.9. The van der Waals surface area contributed by atoms with Crippen LogP contribution >= 0.6 is 24.8 Å². The fourth-order valence-corrected chi connectivity index (χ4v) is 1.74. The molecule has 0 aromatic carbocycles. The van der Waals surface area contributed by atoms with Crippen molar-refractivity contribution in [2.75, 3.05) is 13.1 Å². The van der Waals surface area contributed by atoms with Crippen LogP contribution in [0.4, 0.5) is 0 Å². The fraction of sp³-hybridized carbons (Fsp3) is 0.545. The van der Waals surface area contributed by atoms with Crippen LogP contribution in [-0.4, -0.2) is 35.0 Å². The third-order valence-electron chi connectivity index (χ3n) is 2.65. The van der Waals surface area contributed by atoms with Gasteiger partial charge in [-0.15, -0.1) is 24.8 Å². The lowest BCUT2D eigenvalue weighted by atomic mass is 10.1. The first kappa shape index (κ1) is 17.1. The largest absolute Gasteiger partial charge is 0.347 e. The first-order valence-corrected chi connectivity index (χ1v) is 5.56. The van der Waals surface area contributed by atoms with Gasteiger partial charge in [-0.25, -0.2) is 4.98 Å². The number of carbonyl (C=O) groups excluding carboxylic acids is 1. The maximum atomic E-state index is 11.8. The third kappa shape index (κ3) is 4.76. The molecule has 1 atom stereocenters. The predicted octanol–water partition coefficient (Wildman–Crippen LogP) is 1.11. The summed E-state index contributed by atoms with van der Waals surface area (Å²) in [5.41, 5.74) is 1.20. The summed E-state index contributed by atoms with van der Waals surface area (Å²) >= 11 is 0. The molecule has 2 rings (SSSR count). The standard InChI is InChI=1S/C11H16N4O.2ClH/c1-8-5-14-10(7-13-8)11(16)15-9-3-2-4-12-6-9;;/h5,7,9,12H,2-4,6H2,1H3,(H,15,16);2*1H/t9-;;/m0../s1. The Morgan fingerprint density at radius 1 is 1.39 bits per heavy atom. The summed E-state index contributed by atoms with van der Waals surface area (Å²) in [6.45, 7) is 3.72. The summed E-state index contributed by atoms with van der Waals surface area (Å²) in [6, 6.07) is 0.212. The van der Waals surface area contributed by atoms with E-state index in [0.29, 0.717) is 5.69 Å². The van der Waals surface area contributed by atoms with Crippen molar-refractivity contribution in [1.82, 2.24) is 20.6 Å². The Morgan fingerprint density at radius 2 is 2.17 bits per heavy atom. The molecule has 0 bridgehead atoms. The SMILES string of the molecule is Cc1cnc(C(=O)N[C@H]2CCCNC2)cn1.Cl.Cl. The summed E-state index contributed by atoms with van der Waals surface area (Å²) < 4.78 is 0. The number of carbonyl (C=O) groups is 1. The highest BCUT2D eigenvalue weighted by atomic mass is 35.5. The van der Waals surface area contributed by atoms with Gasteiger partial charge in [0, 0.05) is 18.8 Å². The quantitative estimate of drug-likeness (QED) is 0.857. The van der Waals surface area contributed by atoms with E-state index in [-0.39, 0.29) is 36.8 Å². The average Bonchev–Trinajstić information content (AvgIpc) is 2.31. The van der Waals surface area contributed by atoms with Crippen molar-refractivity contribution in [2.45, 2.75) is 25.8 Å². The molecule has 1 aliphatic heterocycles. The number of halogens is 2. The van der Waals surface area contributed by atoms with Crippen LogP contribution in [0.25, 0.3) is 0 Å². The zero-order chi connectivity index (χ0) is 11.4. The van der Waals surface area contributed by atoms with Crippen LogP contribution in [0.5, 0.6) is 0 Å². The van der Waals surface area contributed by atoms with Crippen LogP contribution in [0.1, 0.15) is 29.0 Å². The molecule has 0 unspecified atom stereocenters. The zero-order valence-electron chi connectivity index (χ0n) is 10.2. The highest BCUT2D eigenvalue weighted by Crippen LogP contribution is 2.02. The molecular formula is C11H18Cl2N4O. The number of rotatable bonds is 2. The van der Waals surface area contributed by atoms with Gasteiger partial charge in [-0.2, -0.15) is 0 Å². The van der Waals surface area contributed by atoms with Crippen LogP contribution in [0.15, 0.2) is 12.4 Å². The second kappa shape index (κ2) is 8.24. The molecule has 1 aromatic rings. The highest BCUT2D eigenvalue weighted by Gasteiger charge is 2.16. The van der Waals surface area contributed by atoms with Gasteiger partial charge in [0.15, 0.2) is 0 Å². The monoisotopic (exact) mass is 292 g/mol. The number of aromatic nitrogens is 2. The van der Waals surface area contributed by atoms with E-state index in [1.54, 1.807) is 6.20 Å². The lowest BCUT2D eigenvalue weighted by Gasteiger charge is -2.23. The average molecular weight is 293 g/mol. The van der Waals surface area contributed by atoms with E-state index in [1.165, 1.54) is 6.20 Å². The summed E-state index contributed by atoms with van der Waals surface area (Å²) in [5.74, 6) is -0.138. The summed E-state index contributed by atoms with van der Waals surface area (Å²) in [7, 11) is 0. The molecule has 7 heteroatoms. The molecule has 1 amide bonds. The maximum Gasteiger partial charge on any atom is 0.271 e. The molecule has 2 heterocycles. The Kier molecular flexibility index (Phi) is 7.82. The fourth-order valence-electron chi connectivity index (χ4n) is 1.74. The minimum absolute atomic E-state index is 0. The molecule has 1 fully saturated rings. The van der Waals surface area contributed by atoms with Gasteiger partial charge in [-0.05, 0) is 26.3 Å².